The summed E-state index contributed by atoms with van der Waals surface area (Å²) >= 11 is 0. The van der Waals surface area contributed by atoms with Crippen molar-refractivity contribution in [3.8, 4) is 0 Å². The first-order chi connectivity index (χ1) is 8.45. The molecule has 2 atom stereocenters. The van der Waals surface area contributed by atoms with E-state index in [1.54, 1.807) is 26.0 Å². The SMILES string of the molecule is COCC(NC(C)c1ccc(C)c(F)c1)C(=O)O. The predicted octanol–water partition coefficient (Wildman–Crippen LogP) is 1.88. The normalized spacial score (nSPS) is 14.2. The van der Waals surface area contributed by atoms with Gasteiger partial charge in [0.15, 0.2) is 0 Å². The number of nitrogens with one attached hydrogen (secondary N) is 1. The number of carbonyl (C=O) groups is 1. The largest absolute Gasteiger partial charge is 0.480 e. The number of aryl methyl sites for hydroxylation is 1. The Morgan fingerprint density at radius 3 is 2.72 bits per heavy atom. The molecule has 0 heterocycles. The number of carboxylic acid groups (broad SMARTS) is 1. The van der Waals surface area contributed by atoms with Crippen molar-refractivity contribution in [2.45, 2.75) is 25.9 Å². The van der Waals surface area contributed by atoms with Crippen molar-refractivity contribution >= 4 is 5.97 Å². The molecule has 0 aromatic heterocycles. The second-order valence-electron chi connectivity index (χ2n) is 4.24. The molecule has 2 N–H and O–H groups in total. The van der Waals surface area contributed by atoms with E-state index in [9.17, 15) is 9.18 Å². The van der Waals surface area contributed by atoms with Crippen LogP contribution in [0.3, 0.4) is 0 Å². The fourth-order valence-corrected chi connectivity index (χ4v) is 1.63. The molecule has 0 spiro atoms. The van der Waals surface area contributed by atoms with Crippen molar-refractivity contribution < 1.29 is 19.0 Å². The average molecular weight is 255 g/mol. The molecule has 1 aromatic rings. The summed E-state index contributed by atoms with van der Waals surface area (Å²) in [6.07, 6.45) is 0. The summed E-state index contributed by atoms with van der Waals surface area (Å²) in [4.78, 5) is 11.0. The second-order valence-corrected chi connectivity index (χ2v) is 4.24. The number of hydrogen-bond acceptors (Lipinski definition) is 3. The van der Waals surface area contributed by atoms with E-state index in [2.05, 4.69) is 5.32 Å². The van der Waals surface area contributed by atoms with Crippen LogP contribution in [0.2, 0.25) is 0 Å². The highest BCUT2D eigenvalue weighted by Crippen LogP contribution is 2.16. The maximum atomic E-state index is 13.4. The molecule has 5 heteroatoms. The lowest BCUT2D eigenvalue weighted by atomic mass is 10.1. The van der Waals surface area contributed by atoms with Gasteiger partial charge in [-0.2, -0.15) is 0 Å². The van der Waals surface area contributed by atoms with Crippen molar-refractivity contribution in [2.75, 3.05) is 13.7 Å². The third kappa shape index (κ3) is 3.78. The van der Waals surface area contributed by atoms with Gasteiger partial charge in [0.25, 0.3) is 0 Å². The highest BCUT2D eigenvalue weighted by Gasteiger charge is 2.20. The second kappa shape index (κ2) is 6.47. The van der Waals surface area contributed by atoms with Gasteiger partial charge in [0.2, 0.25) is 0 Å². The summed E-state index contributed by atoms with van der Waals surface area (Å²) in [5.74, 6) is -1.28. The summed E-state index contributed by atoms with van der Waals surface area (Å²) < 4.78 is 18.2. The van der Waals surface area contributed by atoms with Crippen molar-refractivity contribution in [1.82, 2.24) is 5.32 Å². The molecule has 0 saturated heterocycles. The summed E-state index contributed by atoms with van der Waals surface area (Å²) in [5, 5.41) is 11.9. The van der Waals surface area contributed by atoms with Crippen LogP contribution in [0.5, 0.6) is 0 Å². The highest BCUT2D eigenvalue weighted by atomic mass is 19.1. The van der Waals surface area contributed by atoms with Gasteiger partial charge in [0.1, 0.15) is 11.9 Å². The van der Waals surface area contributed by atoms with Gasteiger partial charge in [0.05, 0.1) is 6.61 Å². The fraction of sp³-hybridized carbons (Fsp3) is 0.462. The zero-order valence-corrected chi connectivity index (χ0v) is 10.7. The monoisotopic (exact) mass is 255 g/mol. The van der Waals surface area contributed by atoms with Gasteiger partial charge >= 0.3 is 5.97 Å². The molecule has 0 bridgehead atoms. The number of halogens is 1. The quantitative estimate of drug-likeness (QED) is 0.815. The van der Waals surface area contributed by atoms with E-state index in [1.807, 2.05) is 0 Å². The van der Waals surface area contributed by atoms with Gasteiger partial charge in [0, 0.05) is 13.2 Å². The number of aliphatic carboxylic acids is 1. The molecule has 0 fully saturated rings. The Morgan fingerprint density at radius 1 is 1.56 bits per heavy atom. The van der Waals surface area contributed by atoms with E-state index in [4.69, 9.17) is 9.84 Å². The Hall–Kier alpha value is -1.46. The van der Waals surface area contributed by atoms with E-state index in [0.717, 1.165) is 0 Å². The van der Waals surface area contributed by atoms with Crippen LogP contribution in [0, 0.1) is 12.7 Å². The Balaban J connectivity index is 2.76. The number of benzene rings is 1. The van der Waals surface area contributed by atoms with Crippen LogP contribution in [0.15, 0.2) is 18.2 Å². The van der Waals surface area contributed by atoms with E-state index in [-0.39, 0.29) is 18.5 Å². The Bertz CT molecular complexity index is 423. The number of methoxy groups -OCH3 is 1. The first-order valence-corrected chi connectivity index (χ1v) is 5.69. The Labute approximate surface area is 106 Å². The number of ether oxygens (including phenoxy) is 1. The van der Waals surface area contributed by atoms with Gasteiger partial charge in [-0.3, -0.25) is 10.1 Å². The highest BCUT2D eigenvalue weighted by molar-refractivity contribution is 5.73. The number of hydrogen-bond donors (Lipinski definition) is 2. The zero-order chi connectivity index (χ0) is 13.7. The maximum Gasteiger partial charge on any atom is 0.323 e. The summed E-state index contributed by atoms with van der Waals surface area (Å²) in [5.41, 5.74) is 1.28. The van der Waals surface area contributed by atoms with Crippen LogP contribution in [-0.4, -0.2) is 30.8 Å². The Morgan fingerprint density at radius 2 is 2.22 bits per heavy atom. The molecule has 4 nitrogen and oxygen atoms in total. The minimum Gasteiger partial charge on any atom is -0.480 e. The summed E-state index contributed by atoms with van der Waals surface area (Å²) in [6, 6.07) is 3.79. The van der Waals surface area contributed by atoms with Crippen LogP contribution in [0.25, 0.3) is 0 Å². The lowest BCUT2D eigenvalue weighted by molar-refractivity contribution is -0.141. The number of rotatable bonds is 6. The van der Waals surface area contributed by atoms with E-state index in [1.165, 1.54) is 13.2 Å². The van der Waals surface area contributed by atoms with Crippen LogP contribution in [-0.2, 0) is 9.53 Å². The van der Waals surface area contributed by atoms with Gasteiger partial charge in [-0.15, -0.1) is 0 Å². The molecule has 0 amide bonds. The third-order valence-corrected chi connectivity index (χ3v) is 2.78. The van der Waals surface area contributed by atoms with E-state index >= 15 is 0 Å². The van der Waals surface area contributed by atoms with Crippen LogP contribution in [0.4, 0.5) is 4.39 Å². The van der Waals surface area contributed by atoms with Crippen molar-refractivity contribution in [1.29, 1.82) is 0 Å². The lowest BCUT2D eigenvalue weighted by Crippen LogP contribution is -2.41. The summed E-state index contributed by atoms with van der Waals surface area (Å²) in [6.45, 7) is 3.53. The first kappa shape index (κ1) is 14.6. The fourth-order valence-electron chi connectivity index (χ4n) is 1.63. The Kier molecular flexibility index (Phi) is 5.25. The zero-order valence-electron chi connectivity index (χ0n) is 10.7. The smallest absolute Gasteiger partial charge is 0.323 e. The number of carboxylic acids is 1. The maximum absolute atomic E-state index is 13.4. The minimum absolute atomic E-state index is 0.0635. The van der Waals surface area contributed by atoms with Crippen molar-refractivity contribution in [3.63, 3.8) is 0 Å². The molecule has 2 unspecified atom stereocenters. The molecule has 1 aromatic carbocycles. The lowest BCUT2D eigenvalue weighted by Gasteiger charge is -2.20. The van der Waals surface area contributed by atoms with Crippen molar-refractivity contribution in [3.05, 3.63) is 35.1 Å². The molecule has 0 aliphatic rings. The third-order valence-electron chi connectivity index (χ3n) is 2.78. The van der Waals surface area contributed by atoms with Gasteiger partial charge in [-0.1, -0.05) is 12.1 Å². The van der Waals surface area contributed by atoms with Gasteiger partial charge in [-0.05, 0) is 31.0 Å². The van der Waals surface area contributed by atoms with Gasteiger partial charge < -0.3 is 9.84 Å². The van der Waals surface area contributed by atoms with Gasteiger partial charge in [-0.25, -0.2) is 4.39 Å². The van der Waals surface area contributed by atoms with E-state index in [0.29, 0.717) is 11.1 Å². The predicted molar refractivity (Wildman–Crippen MR) is 66.0 cm³/mol. The molecule has 1 rings (SSSR count). The molecule has 0 aliphatic carbocycles. The molecule has 0 radical (unpaired) electrons. The molecular formula is C13H18FNO3. The molecular weight excluding hydrogens is 237 g/mol. The molecule has 100 valence electrons. The van der Waals surface area contributed by atoms with Crippen LogP contribution >= 0.6 is 0 Å². The summed E-state index contributed by atoms with van der Waals surface area (Å²) in [7, 11) is 1.44. The van der Waals surface area contributed by atoms with Crippen LogP contribution < -0.4 is 5.32 Å². The topological polar surface area (TPSA) is 58.6 Å². The molecule has 0 saturated carbocycles. The van der Waals surface area contributed by atoms with Crippen LogP contribution in [0.1, 0.15) is 24.1 Å². The minimum atomic E-state index is -0.990. The average Bonchev–Trinajstić information content (AvgIpc) is 2.31. The standard InChI is InChI=1S/C13H18FNO3/c1-8-4-5-10(6-11(8)14)9(2)15-12(7-18-3)13(16)17/h4-6,9,12,15H,7H2,1-3H3,(H,16,17). The molecule has 18 heavy (non-hydrogen) atoms. The van der Waals surface area contributed by atoms with E-state index < -0.39 is 12.0 Å². The molecule has 0 aliphatic heterocycles. The van der Waals surface area contributed by atoms with Crippen molar-refractivity contribution in [2.24, 2.45) is 0 Å². The first-order valence-electron chi connectivity index (χ1n) is 5.69.